The van der Waals surface area contributed by atoms with Crippen LogP contribution < -0.4 is 0 Å². The van der Waals surface area contributed by atoms with E-state index in [2.05, 4.69) is 16.0 Å². The van der Waals surface area contributed by atoms with Gasteiger partial charge in [-0.15, -0.1) is 0 Å². The van der Waals surface area contributed by atoms with Crippen LogP contribution in [0.1, 0.15) is 83.5 Å². The number of aliphatic imine (C=N–C) groups is 2. The van der Waals surface area contributed by atoms with Crippen LogP contribution in [0.5, 0.6) is 0 Å². The van der Waals surface area contributed by atoms with Gasteiger partial charge >= 0.3 is 0 Å². The van der Waals surface area contributed by atoms with Gasteiger partial charge in [-0.2, -0.15) is 0 Å². The van der Waals surface area contributed by atoms with Gasteiger partial charge < -0.3 is 0 Å². The van der Waals surface area contributed by atoms with E-state index in [1.807, 2.05) is 0 Å². The van der Waals surface area contributed by atoms with Gasteiger partial charge in [-0.25, -0.2) is 9.98 Å². The van der Waals surface area contributed by atoms with Crippen molar-refractivity contribution in [3.63, 3.8) is 0 Å². The SMILES string of the molecule is C(=NC1CCCCC1)=NC1CCCC(C2CCCC2)C1. The molecular weight excluding hydrogens is 244 g/mol. The van der Waals surface area contributed by atoms with E-state index in [9.17, 15) is 0 Å². The molecule has 0 saturated heterocycles. The first-order valence-corrected chi connectivity index (χ1v) is 9.06. The van der Waals surface area contributed by atoms with Crippen LogP contribution in [-0.2, 0) is 0 Å². The molecule has 2 unspecified atom stereocenters. The van der Waals surface area contributed by atoms with Crippen LogP contribution in [0.3, 0.4) is 0 Å². The number of hydrogen-bond donors (Lipinski definition) is 0. The van der Waals surface area contributed by atoms with E-state index in [0.717, 1.165) is 11.8 Å². The molecule has 0 amide bonds. The van der Waals surface area contributed by atoms with Gasteiger partial charge in [0, 0.05) is 0 Å². The van der Waals surface area contributed by atoms with E-state index in [1.54, 1.807) is 0 Å². The molecular formula is C18H30N2. The van der Waals surface area contributed by atoms with Crippen LogP contribution >= 0.6 is 0 Å². The second kappa shape index (κ2) is 7.41. The van der Waals surface area contributed by atoms with E-state index in [4.69, 9.17) is 0 Å². The predicted octanol–water partition coefficient (Wildman–Crippen LogP) is 5.24. The largest absolute Gasteiger partial charge is 0.222 e. The standard InChI is InChI=1S/C18H30N2/c1-2-10-17(11-3-1)19-14-20-18-12-6-9-16(13-18)15-7-4-5-8-15/h15-18H,1-13H2. The van der Waals surface area contributed by atoms with E-state index in [1.165, 1.54) is 83.5 Å². The molecule has 0 spiro atoms. The average molecular weight is 274 g/mol. The highest BCUT2D eigenvalue weighted by Gasteiger charge is 2.29. The summed E-state index contributed by atoms with van der Waals surface area (Å²) < 4.78 is 0. The first-order chi connectivity index (χ1) is 9.92. The zero-order valence-electron chi connectivity index (χ0n) is 12.9. The fourth-order valence-corrected chi connectivity index (χ4v) is 4.58. The van der Waals surface area contributed by atoms with Gasteiger partial charge in [-0.1, -0.05) is 57.8 Å². The third kappa shape index (κ3) is 3.95. The maximum absolute atomic E-state index is 4.68. The fourth-order valence-electron chi connectivity index (χ4n) is 4.58. The van der Waals surface area contributed by atoms with Crippen molar-refractivity contribution in [1.82, 2.24) is 0 Å². The molecule has 3 rings (SSSR count). The Balaban J connectivity index is 1.49. The predicted molar refractivity (Wildman–Crippen MR) is 84.4 cm³/mol. The molecule has 3 aliphatic rings. The number of rotatable bonds is 3. The minimum Gasteiger partial charge on any atom is -0.222 e. The third-order valence-corrected chi connectivity index (χ3v) is 5.81. The minimum atomic E-state index is 0.529. The molecule has 2 heteroatoms. The Morgan fingerprint density at radius 3 is 1.95 bits per heavy atom. The minimum absolute atomic E-state index is 0.529. The third-order valence-electron chi connectivity index (χ3n) is 5.81. The number of nitrogens with zero attached hydrogens (tertiary/aromatic N) is 2. The molecule has 3 aliphatic carbocycles. The molecule has 0 N–H and O–H groups in total. The smallest absolute Gasteiger partial charge is 0.0898 e. The molecule has 20 heavy (non-hydrogen) atoms. The maximum atomic E-state index is 4.68. The van der Waals surface area contributed by atoms with Crippen molar-refractivity contribution in [3.05, 3.63) is 0 Å². The Morgan fingerprint density at radius 2 is 1.15 bits per heavy atom. The van der Waals surface area contributed by atoms with Gasteiger partial charge in [-0.3, -0.25) is 0 Å². The first-order valence-electron chi connectivity index (χ1n) is 9.06. The van der Waals surface area contributed by atoms with Gasteiger partial charge in [0.2, 0.25) is 0 Å². The molecule has 0 aromatic rings. The highest BCUT2D eigenvalue weighted by atomic mass is 14.9. The lowest BCUT2D eigenvalue weighted by atomic mass is 9.77. The zero-order valence-corrected chi connectivity index (χ0v) is 12.9. The Kier molecular flexibility index (Phi) is 5.30. The highest BCUT2D eigenvalue weighted by molar-refractivity contribution is 5.42. The summed E-state index contributed by atoms with van der Waals surface area (Å²) in [7, 11) is 0. The van der Waals surface area contributed by atoms with Crippen LogP contribution in [0.4, 0.5) is 0 Å². The monoisotopic (exact) mass is 274 g/mol. The lowest BCUT2D eigenvalue weighted by molar-refractivity contribution is 0.233. The van der Waals surface area contributed by atoms with Gasteiger partial charge in [0.25, 0.3) is 0 Å². The van der Waals surface area contributed by atoms with Gasteiger partial charge in [0.05, 0.1) is 18.1 Å². The van der Waals surface area contributed by atoms with Crippen LogP contribution in [0.15, 0.2) is 9.98 Å². The quantitative estimate of drug-likeness (QED) is 0.629. The Bertz CT molecular complexity index is 344. The highest BCUT2D eigenvalue weighted by Crippen LogP contribution is 2.39. The van der Waals surface area contributed by atoms with Crippen molar-refractivity contribution < 1.29 is 0 Å². The molecule has 0 heterocycles. The van der Waals surface area contributed by atoms with Crippen molar-refractivity contribution in [3.8, 4) is 0 Å². The van der Waals surface area contributed by atoms with Crippen molar-refractivity contribution >= 4 is 6.01 Å². The van der Waals surface area contributed by atoms with E-state index >= 15 is 0 Å². The molecule has 2 nitrogen and oxygen atoms in total. The fraction of sp³-hybridized carbons (Fsp3) is 0.944. The van der Waals surface area contributed by atoms with Crippen LogP contribution in [0.25, 0.3) is 0 Å². The molecule has 0 bridgehead atoms. The van der Waals surface area contributed by atoms with Crippen molar-refractivity contribution in [2.24, 2.45) is 21.8 Å². The van der Waals surface area contributed by atoms with Crippen LogP contribution in [-0.4, -0.2) is 18.1 Å². The zero-order chi connectivity index (χ0) is 13.6. The van der Waals surface area contributed by atoms with Crippen LogP contribution in [0.2, 0.25) is 0 Å². The summed E-state index contributed by atoms with van der Waals surface area (Å²) in [6.07, 6.45) is 18.0. The van der Waals surface area contributed by atoms with Crippen molar-refractivity contribution in [1.29, 1.82) is 0 Å². The molecule has 0 aromatic heterocycles. The number of hydrogen-bond acceptors (Lipinski definition) is 2. The average Bonchev–Trinajstić information content (AvgIpc) is 3.03. The summed E-state index contributed by atoms with van der Waals surface area (Å²) in [5.74, 6) is 1.97. The second-order valence-electron chi connectivity index (χ2n) is 7.28. The van der Waals surface area contributed by atoms with Crippen LogP contribution in [0, 0.1) is 11.8 Å². The normalized spacial score (nSPS) is 32.8. The summed E-state index contributed by atoms with van der Waals surface area (Å²) in [5, 5.41) is 0. The maximum Gasteiger partial charge on any atom is 0.0898 e. The molecule has 3 saturated carbocycles. The molecule has 3 fully saturated rings. The van der Waals surface area contributed by atoms with E-state index < -0.39 is 0 Å². The van der Waals surface area contributed by atoms with E-state index in [-0.39, 0.29) is 0 Å². The molecule has 112 valence electrons. The summed E-state index contributed by atoms with van der Waals surface area (Å²) >= 11 is 0. The second-order valence-corrected chi connectivity index (χ2v) is 7.28. The molecule has 0 aromatic carbocycles. The summed E-state index contributed by atoms with van der Waals surface area (Å²) in [4.78, 5) is 9.27. The van der Waals surface area contributed by atoms with Gasteiger partial charge in [0.1, 0.15) is 0 Å². The topological polar surface area (TPSA) is 24.7 Å². The summed E-state index contributed by atoms with van der Waals surface area (Å²) in [6, 6.07) is 4.14. The molecule has 0 radical (unpaired) electrons. The molecule has 0 aliphatic heterocycles. The summed E-state index contributed by atoms with van der Waals surface area (Å²) in [5.41, 5.74) is 0. The Morgan fingerprint density at radius 1 is 0.550 bits per heavy atom. The Hall–Kier alpha value is -0.620. The first kappa shape index (κ1) is 14.3. The molecule has 2 atom stereocenters. The lowest BCUT2D eigenvalue weighted by Gasteiger charge is -2.30. The Labute approximate surface area is 124 Å². The van der Waals surface area contributed by atoms with E-state index in [0.29, 0.717) is 12.1 Å². The lowest BCUT2D eigenvalue weighted by Crippen LogP contribution is -2.23. The summed E-state index contributed by atoms with van der Waals surface area (Å²) in [6.45, 7) is 0. The van der Waals surface area contributed by atoms with Gasteiger partial charge in [0.15, 0.2) is 0 Å². The van der Waals surface area contributed by atoms with Crippen molar-refractivity contribution in [2.45, 2.75) is 95.6 Å². The van der Waals surface area contributed by atoms with Gasteiger partial charge in [-0.05, 0) is 37.5 Å². The van der Waals surface area contributed by atoms with Crippen molar-refractivity contribution in [2.75, 3.05) is 0 Å².